The topological polar surface area (TPSA) is 132 Å². The molecule has 0 saturated carbocycles. The molecule has 9 nitrogen and oxygen atoms in total. The molecule has 2 aliphatic rings. The average Bonchev–Trinajstić information content (AvgIpc) is 3.67. The molecule has 37 heavy (non-hydrogen) atoms. The standard InChI is InChI=1S/C28H37N3O6/c1-28(17-37-28)25(33)21(15-18-7-4-3-5-8-18)30-26(34)22(16-19-10-12-20(36-2)13-11-19)31-27(35)24-23(32)9-6-14-29-24/h3-5,7-8,10-13,21-24,26,29-30,32,34H,6,9,14-17H2,1-2H3,(H,31,35)/t21-,22-,23+,24+,26?,28+/m0/s1. The zero-order valence-corrected chi connectivity index (χ0v) is 21.4. The van der Waals surface area contributed by atoms with E-state index in [1.54, 1.807) is 14.0 Å². The first-order valence-corrected chi connectivity index (χ1v) is 12.8. The quantitative estimate of drug-likeness (QED) is 0.208. The Morgan fingerprint density at radius 3 is 2.43 bits per heavy atom. The number of aliphatic hydroxyl groups excluding tert-OH is 2. The molecule has 0 bridgehead atoms. The van der Waals surface area contributed by atoms with Gasteiger partial charge in [-0.2, -0.15) is 0 Å². The van der Waals surface area contributed by atoms with Crippen LogP contribution < -0.4 is 20.7 Å². The van der Waals surface area contributed by atoms with Gasteiger partial charge in [0, 0.05) is 0 Å². The maximum Gasteiger partial charge on any atom is 0.240 e. The third-order valence-corrected chi connectivity index (χ3v) is 7.10. The molecule has 2 aromatic rings. The van der Waals surface area contributed by atoms with Gasteiger partial charge in [-0.3, -0.25) is 14.9 Å². The van der Waals surface area contributed by atoms with Crippen molar-refractivity contribution in [3.05, 3.63) is 65.7 Å². The maximum atomic E-state index is 13.3. The third kappa shape index (κ3) is 7.15. The van der Waals surface area contributed by atoms with E-state index >= 15 is 0 Å². The van der Waals surface area contributed by atoms with Crippen LogP contribution in [0.1, 0.15) is 30.9 Å². The van der Waals surface area contributed by atoms with Gasteiger partial charge in [0.2, 0.25) is 5.91 Å². The zero-order valence-electron chi connectivity index (χ0n) is 21.4. The van der Waals surface area contributed by atoms with Gasteiger partial charge >= 0.3 is 0 Å². The molecule has 1 amide bonds. The summed E-state index contributed by atoms with van der Waals surface area (Å²) in [6.07, 6.45) is -0.0729. The van der Waals surface area contributed by atoms with Crippen molar-refractivity contribution in [2.75, 3.05) is 20.3 Å². The van der Waals surface area contributed by atoms with E-state index in [1.807, 2.05) is 54.6 Å². The second-order valence-electron chi connectivity index (χ2n) is 10.0. The zero-order chi connectivity index (χ0) is 26.4. The first kappa shape index (κ1) is 27.2. The second kappa shape index (κ2) is 12.1. The smallest absolute Gasteiger partial charge is 0.240 e. The van der Waals surface area contributed by atoms with Crippen molar-refractivity contribution in [1.29, 1.82) is 0 Å². The first-order chi connectivity index (χ1) is 17.8. The van der Waals surface area contributed by atoms with Gasteiger partial charge < -0.3 is 30.3 Å². The largest absolute Gasteiger partial charge is 0.497 e. The van der Waals surface area contributed by atoms with Crippen molar-refractivity contribution in [3.63, 3.8) is 0 Å². The molecule has 1 unspecified atom stereocenters. The number of nitrogens with one attached hydrogen (secondary N) is 3. The Morgan fingerprint density at radius 2 is 1.81 bits per heavy atom. The number of ketones is 1. The van der Waals surface area contributed by atoms with Crippen molar-refractivity contribution in [3.8, 4) is 5.75 Å². The summed E-state index contributed by atoms with van der Waals surface area (Å²) in [5, 5.41) is 30.7. The van der Waals surface area contributed by atoms with Crippen molar-refractivity contribution in [1.82, 2.24) is 16.0 Å². The number of carbonyl (C=O) groups excluding carboxylic acids is 2. The summed E-state index contributed by atoms with van der Waals surface area (Å²) < 4.78 is 10.6. The maximum absolute atomic E-state index is 13.3. The molecule has 6 atom stereocenters. The lowest BCUT2D eigenvalue weighted by atomic mass is 9.94. The highest BCUT2D eigenvalue weighted by Crippen LogP contribution is 2.29. The SMILES string of the molecule is COc1ccc(C[C@H](NC(=O)[C@@H]2NCCC[C@H]2O)C(O)N[C@@H](Cc2ccccc2)C(=O)[C@@]2(C)CO2)cc1. The highest BCUT2D eigenvalue weighted by atomic mass is 16.6. The average molecular weight is 512 g/mol. The molecule has 200 valence electrons. The fraction of sp³-hybridized carbons (Fsp3) is 0.500. The van der Waals surface area contributed by atoms with Gasteiger partial charge in [-0.25, -0.2) is 0 Å². The van der Waals surface area contributed by atoms with E-state index < -0.39 is 42.0 Å². The lowest BCUT2D eigenvalue weighted by Crippen LogP contribution is -2.61. The number of epoxide rings is 1. The Hall–Kier alpha value is -2.82. The number of Topliss-reactive ketones (excluding diaryl/α,β-unsaturated/α-hetero) is 1. The minimum Gasteiger partial charge on any atom is -0.497 e. The van der Waals surface area contributed by atoms with Crippen LogP contribution in [0.5, 0.6) is 5.75 Å². The van der Waals surface area contributed by atoms with Crippen molar-refractivity contribution in [2.45, 2.75) is 68.7 Å². The Balaban J connectivity index is 1.53. The predicted molar refractivity (Wildman–Crippen MR) is 138 cm³/mol. The molecular weight excluding hydrogens is 474 g/mol. The van der Waals surface area contributed by atoms with Gasteiger partial charge in [-0.05, 0) is 62.4 Å². The number of aliphatic hydroxyl groups is 2. The van der Waals surface area contributed by atoms with Gasteiger partial charge in [-0.15, -0.1) is 0 Å². The van der Waals surface area contributed by atoms with Crippen LogP contribution in [0.25, 0.3) is 0 Å². The van der Waals surface area contributed by atoms with Crippen LogP contribution in [0.4, 0.5) is 0 Å². The first-order valence-electron chi connectivity index (χ1n) is 12.8. The number of rotatable bonds is 12. The van der Waals surface area contributed by atoms with Gasteiger partial charge in [0.1, 0.15) is 23.6 Å². The fourth-order valence-electron chi connectivity index (χ4n) is 4.69. The summed E-state index contributed by atoms with van der Waals surface area (Å²) in [7, 11) is 1.59. The van der Waals surface area contributed by atoms with Crippen LogP contribution in [-0.2, 0) is 27.2 Å². The van der Waals surface area contributed by atoms with Crippen molar-refractivity contribution >= 4 is 11.7 Å². The minimum absolute atomic E-state index is 0.144. The van der Waals surface area contributed by atoms with Crippen LogP contribution in [0, 0.1) is 0 Å². The van der Waals surface area contributed by atoms with E-state index in [1.165, 1.54) is 0 Å². The number of ether oxygens (including phenoxy) is 2. The van der Waals surface area contributed by atoms with Gasteiger partial charge in [0.25, 0.3) is 0 Å². The Kier molecular flexibility index (Phi) is 8.94. The number of amides is 1. The number of methoxy groups -OCH3 is 1. The van der Waals surface area contributed by atoms with E-state index in [0.717, 1.165) is 17.5 Å². The second-order valence-corrected chi connectivity index (χ2v) is 10.0. The lowest BCUT2D eigenvalue weighted by Gasteiger charge is -2.33. The molecule has 0 radical (unpaired) electrons. The molecule has 2 aliphatic heterocycles. The third-order valence-electron chi connectivity index (χ3n) is 7.10. The van der Waals surface area contributed by atoms with Gasteiger partial charge in [0.05, 0.1) is 31.9 Å². The molecule has 0 aromatic heterocycles. The van der Waals surface area contributed by atoms with Crippen LogP contribution in [-0.4, -0.2) is 78.2 Å². The number of benzene rings is 2. The summed E-state index contributed by atoms with van der Waals surface area (Å²) in [5.74, 6) is 0.160. The molecule has 2 heterocycles. The molecule has 4 rings (SSSR count). The molecule has 2 aromatic carbocycles. The van der Waals surface area contributed by atoms with E-state index in [-0.39, 0.29) is 5.78 Å². The molecular formula is C28H37N3O6. The van der Waals surface area contributed by atoms with Crippen LogP contribution in [0.15, 0.2) is 54.6 Å². The molecule has 2 fully saturated rings. The van der Waals surface area contributed by atoms with E-state index in [4.69, 9.17) is 9.47 Å². The molecule has 5 N–H and O–H groups in total. The van der Waals surface area contributed by atoms with E-state index in [2.05, 4.69) is 16.0 Å². The highest BCUT2D eigenvalue weighted by Gasteiger charge is 2.50. The van der Waals surface area contributed by atoms with Gasteiger partial charge in [-0.1, -0.05) is 42.5 Å². The summed E-state index contributed by atoms with van der Waals surface area (Å²) >= 11 is 0. The van der Waals surface area contributed by atoms with Crippen molar-refractivity contribution < 1.29 is 29.3 Å². The van der Waals surface area contributed by atoms with Crippen molar-refractivity contribution in [2.24, 2.45) is 0 Å². The Bertz CT molecular complexity index is 1040. The van der Waals surface area contributed by atoms with Crippen LogP contribution in [0.3, 0.4) is 0 Å². The predicted octanol–water partition coefficient (Wildman–Crippen LogP) is 0.713. The lowest BCUT2D eigenvalue weighted by molar-refractivity contribution is -0.129. The van der Waals surface area contributed by atoms with Crippen LogP contribution in [0.2, 0.25) is 0 Å². The summed E-state index contributed by atoms with van der Waals surface area (Å²) in [6, 6.07) is 14.7. The molecule has 2 saturated heterocycles. The Morgan fingerprint density at radius 1 is 1.14 bits per heavy atom. The Labute approximate surface area is 217 Å². The highest BCUT2D eigenvalue weighted by molar-refractivity contribution is 5.94. The number of piperidine rings is 1. The number of hydrogen-bond acceptors (Lipinski definition) is 8. The number of hydrogen-bond donors (Lipinski definition) is 5. The number of carbonyl (C=O) groups is 2. The minimum atomic E-state index is -1.24. The summed E-state index contributed by atoms with van der Waals surface area (Å²) in [5.41, 5.74) is 0.930. The normalized spacial score (nSPS) is 25.5. The molecule has 0 aliphatic carbocycles. The van der Waals surface area contributed by atoms with Gasteiger partial charge in [0.15, 0.2) is 5.78 Å². The summed E-state index contributed by atoms with van der Waals surface area (Å²) in [4.78, 5) is 26.4. The van der Waals surface area contributed by atoms with E-state index in [9.17, 15) is 19.8 Å². The fourth-order valence-corrected chi connectivity index (χ4v) is 4.69. The van der Waals surface area contributed by atoms with Crippen LogP contribution >= 0.6 is 0 Å². The molecule has 0 spiro atoms. The molecule has 9 heteroatoms. The monoisotopic (exact) mass is 511 g/mol. The summed E-state index contributed by atoms with van der Waals surface area (Å²) in [6.45, 7) is 2.71. The van der Waals surface area contributed by atoms with E-state index in [0.29, 0.717) is 38.2 Å².